The summed E-state index contributed by atoms with van der Waals surface area (Å²) in [6, 6.07) is 17.7. The van der Waals surface area contributed by atoms with E-state index in [9.17, 15) is 0 Å². The highest BCUT2D eigenvalue weighted by Gasteiger charge is 2.00. The van der Waals surface area contributed by atoms with E-state index >= 15 is 0 Å². The Morgan fingerprint density at radius 2 is 1.92 bits per heavy atom. The topological polar surface area (TPSA) is 51.4 Å². The number of ether oxygens (including phenoxy) is 1. The molecule has 5 nitrogen and oxygen atoms in total. The highest BCUT2D eigenvalue weighted by Crippen LogP contribution is 2.16. The van der Waals surface area contributed by atoms with E-state index in [1.54, 1.807) is 12.4 Å². The van der Waals surface area contributed by atoms with Crippen LogP contribution in [0.4, 0.5) is 5.69 Å². The van der Waals surface area contributed by atoms with Gasteiger partial charge in [-0.25, -0.2) is 4.98 Å². The van der Waals surface area contributed by atoms with Gasteiger partial charge in [-0.2, -0.15) is 5.10 Å². The first-order chi connectivity index (χ1) is 11.9. The Balaban J connectivity index is 1.52. The third-order valence-electron chi connectivity index (χ3n) is 3.47. The molecule has 0 atom stereocenters. The van der Waals surface area contributed by atoms with Gasteiger partial charge in [0.05, 0.1) is 24.8 Å². The van der Waals surface area contributed by atoms with Crippen molar-refractivity contribution in [3.8, 4) is 5.75 Å². The van der Waals surface area contributed by atoms with E-state index in [1.807, 2.05) is 71.7 Å². The first kappa shape index (κ1) is 15.8. The van der Waals surface area contributed by atoms with Gasteiger partial charge >= 0.3 is 0 Å². The molecule has 0 saturated heterocycles. The van der Waals surface area contributed by atoms with Crippen LogP contribution in [0.2, 0.25) is 0 Å². The molecular weight excluding hydrogens is 300 g/mol. The van der Waals surface area contributed by atoms with Crippen LogP contribution in [0.15, 0.2) is 78.4 Å². The largest absolute Gasteiger partial charge is 0.493 e. The van der Waals surface area contributed by atoms with Crippen molar-refractivity contribution in [3.63, 3.8) is 0 Å². The van der Waals surface area contributed by atoms with E-state index in [1.165, 1.54) is 0 Å². The number of aryl methyl sites for hydroxylation is 1. The van der Waals surface area contributed by atoms with Crippen molar-refractivity contribution in [2.24, 2.45) is 5.10 Å². The number of rotatable bonds is 8. The van der Waals surface area contributed by atoms with Crippen LogP contribution in [-0.4, -0.2) is 22.4 Å². The molecule has 24 heavy (non-hydrogen) atoms. The molecule has 0 bridgehead atoms. The number of imidazole rings is 1. The molecule has 0 aliphatic rings. The molecule has 3 rings (SSSR count). The zero-order chi connectivity index (χ0) is 16.5. The van der Waals surface area contributed by atoms with Gasteiger partial charge in [0.1, 0.15) is 5.75 Å². The molecule has 1 N–H and O–H groups in total. The molecule has 2 aromatic carbocycles. The van der Waals surface area contributed by atoms with E-state index in [-0.39, 0.29) is 0 Å². The number of hydrogen-bond acceptors (Lipinski definition) is 4. The lowest BCUT2D eigenvalue weighted by atomic mass is 10.2. The molecule has 122 valence electrons. The summed E-state index contributed by atoms with van der Waals surface area (Å²) < 4.78 is 7.93. The van der Waals surface area contributed by atoms with Crippen molar-refractivity contribution in [2.75, 3.05) is 12.0 Å². The van der Waals surface area contributed by atoms with Crippen LogP contribution in [0.1, 0.15) is 12.0 Å². The molecule has 0 amide bonds. The minimum absolute atomic E-state index is 0.648. The molecule has 1 heterocycles. The summed E-state index contributed by atoms with van der Waals surface area (Å²) in [4.78, 5) is 4.03. The Bertz CT molecular complexity index is 754. The molecule has 3 aromatic rings. The number of nitrogens with one attached hydrogen (secondary N) is 1. The van der Waals surface area contributed by atoms with E-state index in [0.29, 0.717) is 6.61 Å². The lowest BCUT2D eigenvalue weighted by molar-refractivity contribution is 0.301. The van der Waals surface area contributed by atoms with Crippen LogP contribution in [0.5, 0.6) is 5.75 Å². The van der Waals surface area contributed by atoms with Crippen LogP contribution in [0, 0.1) is 0 Å². The summed E-state index contributed by atoms with van der Waals surface area (Å²) in [7, 11) is 0. The van der Waals surface area contributed by atoms with Crippen LogP contribution in [-0.2, 0) is 6.54 Å². The maximum atomic E-state index is 5.89. The third-order valence-corrected chi connectivity index (χ3v) is 3.47. The molecule has 1 aromatic heterocycles. The van der Waals surface area contributed by atoms with Crippen molar-refractivity contribution >= 4 is 11.9 Å². The van der Waals surface area contributed by atoms with Crippen LogP contribution >= 0.6 is 0 Å². The van der Waals surface area contributed by atoms with Crippen molar-refractivity contribution in [2.45, 2.75) is 13.0 Å². The first-order valence-electron chi connectivity index (χ1n) is 7.93. The average Bonchev–Trinajstić information content (AvgIpc) is 3.14. The third kappa shape index (κ3) is 4.71. The van der Waals surface area contributed by atoms with Crippen molar-refractivity contribution < 1.29 is 4.74 Å². The predicted molar refractivity (Wildman–Crippen MR) is 96.4 cm³/mol. The van der Waals surface area contributed by atoms with Gasteiger partial charge in [0.25, 0.3) is 0 Å². The number of hydrazone groups is 1. The number of benzene rings is 2. The molecule has 0 aliphatic heterocycles. The zero-order valence-electron chi connectivity index (χ0n) is 13.4. The molecule has 5 heteroatoms. The number of aromatic nitrogens is 2. The Morgan fingerprint density at radius 1 is 1.08 bits per heavy atom. The minimum atomic E-state index is 0.648. The summed E-state index contributed by atoms with van der Waals surface area (Å²) in [5, 5.41) is 4.27. The van der Waals surface area contributed by atoms with Crippen LogP contribution in [0.3, 0.4) is 0 Å². The van der Waals surface area contributed by atoms with Gasteiger partial charge in [-0.15, -0.1) is 0 Å². The fraction of sp³-hybridized carbons (Fsp3) is 0.158. The van der Waals surface area contributed by atoms with Crippen molar-refractivity contribution in [3.05, 3.63) is 78.9 Å². The normalized spacial score (nSPS) is 10.8. The highest BCUT2D eigenvalue weighted by molar-refractivity contribution is 5.83. The fourth-order valence-electron chi connectivity index (χ4n) is 2.26. The van der Waals surface area contributed by atoms with E-state index in [4.69, 9.17) is 4.74 Å². The lowest BCUT2D eigenvalue weighted by Gasteiger charge is -2.09. The smallest absolute Gasteiger partial charge is 0.128 e. The lowest BCUT2D eigenvalue weighted by Crippen LogP contribution is -2.04. The molecule has 0 aliphatic carbocycles. The summed E-state index contributed by atoms with van der Waals surface area (Å²) in [5.41, 5.74) is 4.91. The number of hydrogen-bond donors (Lipinski definition) is 1. The summed E-state index contributed by atoms with van der Waals surface area (Å²) >= 11 is 0. The van der Waals surface area contributed by atoms with E-state index < -0.39 is 0 Å². The second kappa shape index (κ2) is 8.53. The Kier molecular flexibility index (Phi) is 5.61. The maximum Gasteiger partial charge on any atom is 0.128 e. The summed E-state index contributed by atoms with van der Waals surface area (Å²) in [5.74, 6) is 0.835. The number of anilines is 1. The Labute approximate surface area is 141 Å². The van der Waals surface area contributed by atoms with E-state index in [2.05, 4.69) is 15.5 Å². The molecule has 0 radical (unpaired) electrons. The van der Waals surface area contributed by atoms with Gasteiger partial charge in [0.15, 0.2) is 0 Å². The predicted octanol–water partition coefficient (Wildman–Crippen LogP) is 3.80. The first-order valence-corrected chi connectivity index (χ1v) is 7.93. The standard InChI is InChI=1S/C19H20N4O/c1-2-8-18(9-3-1)22-21-15-17-7-4-5-10-19(17)24-14-6-12-23-13-11-20-16-23/h1-5,7-11,13,15-16,22H,6,12,14H2. The molecule has 0 saturated carbocycles. The monoisotopic (exact) mass is 320 g/mol. The van der Waals surface area contributed by atoms with Gasteiger partial charge < -0.3 is 9.30 Å². The van der Waals surface area contributed by atoms with Gasteiger partial charge in [0.2, 0.25) is 0 Å². The Hall–Kier alpha value is -3.08. The van der Waals surface area contributed by atoms with Crippen molar-refractivity contribution in [1.29, 1.82) is 0 Å². The highest BCUT2D eigenvalue weighted by atomic mass is 16.5. The molecule has 0 spiro atoms. The fourth-order valence-corrected chi connectivity index (χ4v) is 2.26. The zero-order valence-corrected chi connectivity index (χ0v) is 13.4. The molecule has 0 fully saturated rings. The van der Waals surface area contributed by atoms with Crippen LogP contribution < -0.4 is 10.2 Å². The van der Waals surface area contributed by atoms with Crippen LogP contribution in [0.25, 0.3) is 0 Å². The van der Waals surface area contributed by atoms with Gasteiger partial charge in [0, 0.05) is 24.5 Å². The second-order valence-corrected chi connectivity index (χ2v) is 5.28. The quantitative estimate of drug-likeness (QED) is 0.390. The SMILES string of the molecule is C(=NNc1ccccc1)c1ccccc1OCCCn1ccnc1. The molecular formula is C19H20N4O. The van der Waals surface area contributed by atoms with E-state index in [0.717, 1.165) is 30.0 Å². The maximum absolute atomic E-state index is 5.89. The average molecular weight is 320 g/mol. The molecule has 0 unspecified atom stereocenters. The summed E-state index contributed by atoms with van der Waals surface area (Å²) in [6.07, 6.45) is 8.25. The summed E-state index contributed by atoms with van der Waals surface area (Å²) in [6.45, 7) is 1.54. The number of para-hydroxylation sites is 2. The van der Waals surface area contributed by atoms with Crippen molar-refractivity contribution in [1.82, 2.24) is 9.55 Å². The number of nitrogens with zero attached hydrogens (tertiary/aromatic N) is 3. The Morgan fingerprint density at radius 3 is 2.75 bits per heavy atom. The second-order valence-electron chi connectivity index (χ2n) is 5.28. The van der Waals surface area contributed by atoms with Gasteiger partial charge in [-0.1, -0.05) is 30.3 Å². The van der Waals surface area contributed by atoms with Gasteiger partial charge in [-0.3, -0.25) is 5.43 Å². The van der Waals surface area contributed by atoms with Gasteiger partial charge in [-0.05, 0) is 30.7 Å². The minimum Gasteiger partial charge on any atom is -0.493 e.